The van der Waals surface area contributed by atoms with E-state index in [0.717, 1.165) is 4.57 Å². The van der Waals surface area contributed by atoms with Crippen molar-refractivity contribution in [1.82, 2.24) is 19.4 Å². The number of nitrogens with zero attached hydrogens (tertiary/aromatic N) is 4. The van der Waals surface area contributed by atoms with E-state index in [9.17, 15) is 24.0 Å². The number of carbonyl (C=O) groups excluding carboxylic acids is 5. The van der Waals surface area contributed by atoms with E-state index in [1.54, 1.807) is 36.1 Å². The van der Waals surface area contributed by atoms with Gasteiger partial charge in [-0.1, -0.05) is 18.2 Å². The van der Waals surface area contributed by atoms with Gasteiger partial charge in [-0.15, -0.1) is 0 Å². The summed E-state index contributed by atoms with van der Waals surface area (Å²) >= 11 is 0. The highest BCUT2D eigenvalue weighted by atomic mass is 16.5. The second kappa shape index (κ2) is 9.49. The van der Waals surface area contributed by atoms with Crippen LogP contribution in [0.1, 0.15) is 46.3 Å². The summed E-state index contributed by atoms with van der Waals surface area (Å²) in [5.74, 6) is -2.67. The van der Waals surface area contributed by atoms with Crippen molar-refractivity contribution in [3.05, 3.63) is 59.8 Å². The molecule has 4 rings (SSSR count). The summed E-state index contributed by atoms with van der Waals surface area (Å²) in [5, 5.41) is 0.292. The molecule has 1 aromatic carbocycles. The van der Waals surface area contributed by atoms with Crippen LogP contribution >= 0.6 is 0 Å². The van der Waals surface area contributed by atoms with Crippen molar-refractivity contribution in [1.29, 1.82) is 0 Å². The van der Waals surface area contributed by atoms with Crippen LogP contribution in [0.2, 0.25) is 0 Å². The molecule has 0 N–H and O–H groups in total. The molecule has 0 aliphatic carbocycles. The number of aromatic nitrogens is 2. The molecule has 3 heterocycles. The van der Waals surface area contributed by atoms with Crippen LogP contribution in [0.4, 0.5) is 0 Å². The molecule has 0 radical (unpaired) electrons. The standard InChI is InChI=1S/C25H24N4O6/c1-15-13-27(24(33)18-7-5-4-6-8-18)11-12-28(15)25(34)22(32)20-14-29(16(2)30)23-19(20)9-10-21(26-23)35-17(3)31/h4-10,14-15H,11-13H2,1-3H3/t15-/m1/s1. The lowest BCUT2D eigenvalue weighted by Gasteiger charge is -2.39. The first-order chi connectivity index (χ1) is 16.7. The first kappa shape index (κ1) is 23.8. The molecular formula is C25H24N4O6. The Morgan fingerprint density at radius 3 is 2.31 bits per heavy atom. The Labute approximate surface area is 201 Å². The number of pyridine rings is 1. The fourth-order valence-electron chi connectivity index (χ4n) is 4.16. The maximum Gasteiger partial charge on any atom is 0.309 e. The number of piperazine rings is 1. The number of Topliss-reactive ketones (excluding diaryl/α,β-unsaturated/α-hetero) is 1. The van der Waals surface area contributed by atoms with Crippen LogP contribution in [0.25, 0.3) is 11.0 Å². The lowest BCUT2D eigenvalue weighted by molar-refractivity contribution is -0.132. The molecule has 0 spiro atoms. The van der Waals surface area contributed by atoms with E-state index in [-0.39, 0.29) is 42.1 Å². The maximum absolute atomic E-state index is 13.2. The summed E-state index contributed by atoms with van der Waals surface area (Å²) in [7, 11) is 0. The van der Waals surface area contributed by atoms with Gasteiger partial charge in [-0.25, -0.2) is 0 Å². The fourth-order valence-corrected chi connectivity index (χ4v) is 4.16. The van der Waals surface area contributed by atoms with Crippen molar-refractivity contribution < 1.29 is 28.7 Å². The Morgan fingerprint density at radius 2 is 1.69 bits per heavy atom. The molecule has 35 heavy (non-hydrogen) atoms. The van der Waals surface area contributed by atoms with Crippen LogP contribution in [-0.4, -0.2) is 74.5 Å². The van der Waals surface area contributed by atoms with Crippen molar-refractivity contribution in [3.63, 3.8) is 0 Å². The van der Waals surface area contributed by atoms with Crippen LogP contribution in [0.15, 0.2) is 48.7 Å². The minimum Gasteiger partial charge on any atom is -0.408 e. The fraction of sp³-hybridized carbons (Fsp3) is 0.280. The Hall–Kier alpha value is -4.34. The van der Waals surface area contributed by atoms with E-state index in [1.165, 1.54) is 37.1 Å². The Morgan fingerprint density at radius 1 is 0.971 bits per heavy atom. The van der Waals surface area contributed by atoms with Gasteiger partial charge in [-0.3, -0.25) is 28.5 Å². The number of carbonyl (C=O) groups is 5. The quantitative estimate of drug-likeness (QED) is 0.322. The zero-order valence-electron chi connectivity index (χ0n) is 19.6. The van der Waals surface area contributed by atoms with Crippen molar-refractivity contribution in [3.8, 4) is 5.88 Å². The minimum absolute atomic E-state index is 0.0243. The summed E-state index contributed by atoms with van der Waals surface area (Å²) in [6, 6.07) is 11.4. The number of ether oxygens (including phenoxy) is 1. The number of hydrogen-bond donors (Lipinski definition) is 0. The molecule has 3 aromatic rings. The number of ketones is 1. The second-order valence-corrected chi connectivity index (χ2v) is 8.34. The van der Waals surface area contributed by atoms with E-state index >= 15 is 0 Å². The van der Waals surface area contributed by atoms with Crippen molar-refractivity contribution >= 4 is 40.5 Å². The van der Waals surface area contributed by atoms with Gasteiger partial charge in [-0.2, -0.15) is 4.98 Å². The molecule has 2 amide bonds. The predicted octanol–water partition coefficient (Wildman–Crippen LogP) is 2.18. The zero-order valence-corrected chi connectivity index (χ0v) is 19.6. The van der Waals surface area contributed by atoms with E-state index in [4.69, 9.17) is 4.74 Å². The van der Waals surface area contributed by atoms with Gasteiger partial charge < -0.3 is 14.5 Å². The average molecular weight is 476 g/mol. The van der Waals surface area contributed by atoms with E-state index in [0.29, 0.717) is 17.5 Å². The molecule has 0 saturated carbocycles. The van der Waals surface area contributed by atoms with Gasteiger partial charge in [0.25, 0.3) is 17.6 Å². The normalized spacial score (nSPS) is 15.7. The first-order valence-corrected chi connectivity index (χ1v) is 11.1. The third-order valence-electron chi connectivity index (χ3n) is 5.85. The SMILES string of the molecule is CC(=O)Oc1ccc2c(C(=O)C(=O)N3CCN(C(=O)c4ccccc4)C[C@H]3C)cn(C(C)=O)c2n1. The maximum atomic E-state index is 13.2. The van der Waals surface area contributed by atoms with Crippen LogP contribution in [0.3, 0.4) is 0 Å². The Kier molecular flexibility index (Phi) is 6.46. The van der Waals surface area contributed by atoms with Gasteiger partial charge in [-0.05, 0) is 25.1 Å². The molecule has 180 valence electrons. The van der Waals surface area contributed by atoms with Gasteiger partial charge in [0.05, 0.1) is 5.56 Å². The third kappa shape index (κ3) is 4.68. The monoisotopic (exact) mass is 476 g/mol. The summed E-state index contributed by atoms with van der Waals surface area (Å²) in [5.41, 5.74) is 0.698. The second-order valence-electron chi connectivity index (χ2n) is 8.34. The highest BCUT2D eigenvalue weighted by Crippen LogP contribution is 2.25. The highest BCUT2D eigenvalue weighted by Gasteiger charge is 2.34. The lowest BCUT2D eigenvalue weighted by Crippen LogP contribution is -2.56. The molecular weight excluding hydrogens is 452 g/mol. The largest absolute Gasteiger partial charge is 0.408 e. The first-order valence-electron chi connectivity index (χ1n) is 11.1. The molecule has 1 aliphatic rings. The number of rotatable bonds is 4. The lowest BCUT2D eigenvalue weighted by atomic mass is 10.1. The smallest absolute Gasteiger partial charge is 0.309 e. The molecule has 1 atom stereocenters. The Balaban J connectivity index is 1.56. The minimum atomic E-state index is -0.785. The summed E-state index contributed by atoms with van der Waals surface area (Å²) in [6.07, 6.45) is 1.28. The van der Waals surface area contributed by atoms with Gasteiger partial charge in [0.1, 0.15) is 0 Å². The van der Waals surface area contributed by atoms with Gasteiger partial charge in [0.15, 0.2) is 5.65 Å². The Bertz CT molecular complexity index is 1350. The molecule has 1 saturated heterocycles. The molecule has 1 fully saturated rings. The van der Waals surface area contributed by atoms with Crippen LogP contribution in [0, 0.1) is 0 Å². The molecule has 10 heteroatoms. The van der Waals surface area contributed by atoms with Gasteiger partial charge in [0.2, 0.25) is 11.8 Å². The molecule has 0 bridgehead atoms. The number of hydrogen-bond acceptors (Lipinski definition) is 7. The average Bonchev–Trinajstić information content (AvgIpc) is 3.22. The third-order valence-corrected chi connectivity index (χ3v) is 5.85. The topological polar surface area (TPSA) is 119 Å². The van der Waals surface area contributed by atoms with E-state index in [1.807, 2.05) is 6.07 Å². The summed E-state index contributed by atoms with van der Waals surface area (Å²) in [4.78, 5) is 69.8. The van der Waals surface area contributed by atoms with Gasteiger partial charge >= 0.3 is 5.97 Å². The number of fused-ring (bicyclic) bond motifs is 1. The van der Waals surface area contributed by atoms with E-state index in [2.05, 4.69) is 4.98 Å². The van der Waals surface area contributed by atoms with Crippen molar-refractivity contribution in [2.24, 2.45) is 0 Å². The van der Waals surface area contributed by atoms with Crippen LogP contribution < -0.4 is 4.74 Å². The molecule has 10 nitrogen and oxygen atoms in total. The zero-order chi connectivity index (χ0) is 25.3. The molecule has 0 unspecified atom stereocenters. The summed E-state index contributed by atoms with van der Waals surface area (Å²) in [6.45, 7) is 5.07. The summed E-state index contributed by atoms with van der Waals surface area (Å²) < 4.78 is 6.12. The number of amides is 2. The number of benzene rings is 1. The highest BCUT2D eigenvalue weighted by molar-refractivity contribution is 6.45. The van der Waals surface area contributed by atoms with Crippen LogP contribution in [-0.2, 0) is 9.59 Å². The van der Waals surface area contributed by atoms with Crippen LogP contribution in [0.5, 0.6) is 5.88 Å². The van der Waals surface area contributed by atoms with Gasteiger partial charge in [0, 0.05) is 62.7 Å². The molecule has 2 aromatic heterocycles. The number of esters is 1. The molecule has 1 aliphatic heterocycles. The predicted molar refractivity (Wildman–Crippen MR) is 125 cm³/mol. The van der Waals surface area contributed by atoms with Crippen molar-refractivity contribution in [2.45, 2.75) is 26.8 Å². The van der Waals surface area contributed by atoms with Crippen molar-refractivity contribution in [2.75, 3.05) is 19.6 Å². The van der Waals surface area contributed by atoms with E-state index < -0.39 is 23.6 Å².